The van der Waals surface area contributed by atoms with E-state index in [-0.39, 0.29) is 6.61 Å². The van der Waals surface area contributed by atoms with Crippen LogP contribution in [0.1, 0.15) is 5.56 Å². The molecular weight excluding hydrogens is 371 g/mol. The highest BCUT2D eigenvalue weighted by Crippen LogP contribution is 2.29. The van der Waals surface area contributed by atoms with Gasteiger partial charge < -0.3 is 10.0 Å². The zero-order chi connectivity index (χ0) is 18.7. The van der Waals surface area contributed by atoms with Crippen molar-refractivity contribution in [3.63, 3.8) is 0 Å². The van der Waals surface area contributed by atoms with Crippen LogP contribution in [-0.4, -0.2) is 45.5 Å². The maximum absolute atomic E-state index is 9.39. The van der Waals surface area contributed by atoms with Gasteiger partial charge in [0.25, 0.3) is 0 Å². The van der Waals surface area contributed by atoms with Crippen LogP contribution in [-0.2, 0) is 13.1 Å². The maximum Gasteiger partial charge on any atom is 0.181 e. The van der Waals surface area contributed by atoms with Gasteiger partial charge in [-0.15, -0.1) is 0 Å². The highest BCUT2D eigenvalue weighted by atomic mass is 35.5. The third-order valence-electron chi connectivity index (χ3n) is 3.85. The highest BCUT2D eigenvalue weighted by molar-refractivity contribution is 6.42. The molecular formula is C19H20Cl2N4O. The van der Waals surface area contributed by atoms with Crippen molar-refractivity contribution in [2.75, 3.05) is 20.7 Å². The Labute approximate surface area is 162 Å². The van der Waals surface area contributed by atoms with E-state index in [1.54, 1.807) is 16.8 Å². The van der Waals surface area contributed by atoms with Gasteiger partial charge >= 0.3 is 0 Å². The average Bonchev–Trinajstić information content (AvgIpc) is 3.01. The zero-order valence-electron chi connectivity index (χ0n) is 14.7. The number of hydrogen-bond acceptors (Lipinski definition) is 4. The summed E-state index contributed by atoms with van der Waals surface area (Å²) in [6, 6.07) is 13.5. The highest BCUT2D eigenvalue weighted by Gasteiger charge is 2.14. The van der Waals surface area contributed by atoms with Crippen molar-refractivity contribution in [3.8, 4) is 22.8 Å². The molecule has 0 spiro atoms. The van der Waals surface area contributed by atoms with Crippen molar-refractivity contribution in [1.82, 2.24) is 19.7 Å². The van der Waals surface area contributed by atoms with Crippen LogP contribution in [0.4, 0.5) is 0 Å². The van der Waals surface area contributed by atoms with Crippen LogP contribution in [0.15, 0.2) is 42.5 Å². The van der Waals surface area contributed by atoms with E-state index in [1.807, 2.05) is 32.3 Å². The van der Waals surface area contributed by atoms with Crippen molar-refractivity contribution in [2.24, 2.45) is 0 Å². The molecule has 5 nitrogen and oxygen atoms in total. The molecule has 1 aromatic heterocycles. The fourth-order valence-corrected chi connectivity index (χ4v) is 3.04. The van der Waals surface area contributed by atoms with E-state index in [4.69, 9.17) is 23.2 Å². The van der Waals surface area contributed by atoms with Crippen LogP contribution in [0.3, 0.4) is 0 Å². The SMILES string of the molecule is CN(C)Cc1cccc(-c2nc(-c3ccc(Cl)c(Cl)c3)nn2CCO)c1. The molecule has 0 amide bonds. The fourth-order valence-electron chi connectivity index (χ4n) is 2.74. The minimum Gasteiger partial charge on any atom is -0.394 e. The number of aliphatic hydroxyl groups is 1. The number of aliphatic hydroxyl groups excluding tert-OH is 1. The summed E-state index contributed by atoms with van der Waals surface area (Å²) in [7, 11) is 4.06. The molecule has 26 heavy (non-hydrogen) atoms. The Morgan fingerprint density at radius 3 is 2.54 bits per heavy atom. The van der Waals surface area contributed by atoms with Gasteiger partial charge in [-0.05, 0) is 43.9 Å². The summed E-state index contributed by atoms with van der Waals surface area (Å²) >= 11 is 12.1. The molecule has 136 valence electrons. The molecule has 1 N–H and O–H groups in total. The number of hydrogen-bond donors (Lipinski definition) is 1. The summed E-state index contributed by atoms with van der Waals surface area (Å²) < 4.78 is 1.71. The Kier molecular flexibility index (Phi) is 5.94. The van der Waals surface area contributed by atoms with Gasteiger partial charge in [0.2, 0.25) is 0 Å². The second-order valence-electron chi connectivity index (χ2n) is 6.27. The Morgan fingerprint density at radius 2 is 1.85 bits per heavy atom. The minimum absolute atomic E-state index is 0.0193. The molecule has 2 aromatic carbocycles. The van der Waals surface area contributed by atoms with E-state index >= 15 is 0 Å². The molecule has 0 aliphatic rings. The summed E-state index contributed by atoms with van der Waals surface area (Å²) in [5, 5.41) is 14.9. The first-order chi connectivity index (χ1) is 12.5. The van der Waals surface area contributed by atoms with Crippen molar-refractivity contribution in [3.05, 3.63) is 58.1 Å². The third-order valence-corrected chi connectivity index (χ3v) is 4.58. The molecule has 0 radical (unpaired) electrons. The summed E-state index contributed by atoms with van der Waals surface area (Å²) in [6.07, 6.45) is 0. The molecule has 0 bridgehead atoms. The molecule has 1 heterocycles. The molecule has 0 aliphatic carbocycles. The van der Waals surface area contributed by atoms with Crippen molar-refractivity contribution in [2.45, 2.75) is 13.1 Å². The van der Waals surface area contributed by atoms with E-state index in [2.05, 4.69) is 27.1 Å². The summed E-state index contributed by atoms with van der Waals surface area (Å²) in [5.74, 6) is 1.26. The molecule has 0 unspecified atom stereocenters. The first-order valence-electron chi connectivity index (χ1n) is 8.23. The number of aromatic nitrogens is 3. The first kappa shape index (κ1) is 18.9. The van der Waals surface area contributed by atoms with E-state index in [9.17, 15) is 5.11 Å². The second-order valence-corrected chi connectivity index (χ2v) is 7.09. The lowest BCUT2D eigenvalue weighted by atomic mass is 10.1. The summed E-state index contributed by atoms with van der Waals surface area (Å²) in [4.78, 5) is 6.80. The standard InChI is InChI=1S/C19H20Cl2N4O/c1-24(2)12-13-4-3-5-15(10-13)19-22-18(23-25(19)8-9-26)14-6-7-16(20)17(21)11-14/h3-7,10-11,26H,8-9,12H2,1-2H3. The second kappa shape index (κ2) is 8.18. The molecule has 0 atom stereocenters. The number of rotatable bonds is 6. The monoisotopic (exact) mass is 390 g/mol. The number of nitrogens with zero attached hydrogens (tertiary/aromatic N) is 4. The Hall–Kier alpha value is -1.92. The fraction of sp³-hybridized carbons (Fsp3) is 0.263. The largest absolute Gasteiger partial charge is 0.394 e. The minimum atomic E-state index is -0.0193. The van der Waals surface area contributed by atoms with Gasteiger partial charge in [-0.1, -0.05) is 41.4 Å². The smallest absolute Gasteiger partial charge is 0.181 e. The zero-order valence-corrected chi connectivity index (χ0v) is 16.2. The van der Waals surface area contributed by atoms with Gasteiger partial charge in [-0.25, -0.2) is 9.67 Å². The van der Waals surface area contributed by atoms with Crippen LogP contribution in [0, 0.1) is 0 Å². The van der Waals surface area contributed by atoms with Crippen LogP contribution in [0.2, 0.25) is 10.0 Å². The lowest BCUT2D eigenvalue weighted by molar-refractivity contribution is 0.270. The van der Waals surface area contributed by atoms with Crippen molar-refractivity contribution in [1.29, 1.82) is 0 Å². The molecule has 3 rings (SSSR count). The molecule has 0 saturated heterocycles. The van der Waals surface area contributed by atoms with Gasteiger partial charge in [0.1, 0.15) is 0 Å². The van der Waals surface area contributed by atoms with Crippen LogP contribution >= 0.6 is 23.2 Å². The topological polar surface area (TPSA) is 54.2 Å². The summed E-state index contributed by atoms with van der Waals surface area (Å²) in [5.41, 5.74) is 2.92. The normalized spacial score (nSPS) is 11.3. The van der Waals surface area contributed by atoms with Crippen LogP contribution in [0.25, 0.3) is 22.8 Å². The van der Waals surface area contributed by atoms with E-state index in [0.29, 0.717) is 28.2 Å². The van der Waals surface area contributed by atoms with Crippen molar-refractivity contribution < 1.29 is 5.11 Å². The molecule has 3 aromatic rings. The molecule has 0 aliphatic heterocycles. The van der Waals surface area contributed by atoms with Crippen molar-refractivity contribution >= 4 is 23.2 Å². The van der Waals surface area contributed by atoms with Gasteiger partial charge in [0.15, 0.2) is 11.6 Å². The maximum atomic E-state index is 9.39. The van der Waals surface area contributed by atoms with Gasteiger partial charge in [0.05, 0.1) is 23.2 Å². The predicted octanol–water partition coefficient (Wildman–Crippen LogP) is 3.97. The Morgan fingerprint density at radius 1 is 1.04 bits per heavy atom. The molecule has 0 fully saturated rings. The quantitative estimate of drug-likeness (QED) is 0.691. The molecule has 7 heteroatoms. The van der Waals surface area contributed by atoms with Gasteiger partial charge in [-0.3, -0.25) is 0 Å². The predicted molar refractivity (Wildman–Crippen MR) is 105 cm³/mol. The Bertz CT molecular complexity index is 908. The number of benzene rings is 2. The Balaban J connectivity index is 2.04. The lowest BCUT2D eigenvalue weighted by Crippen LogP contribution is -2.11. The first-order valence-corrected chi connectivity index (χ1v) is 8.98. The van der Waals surface area contributed by atoms with E-state index in [0.717, 1.165) is 17.7 Å². The summed E-state index contributed by atoms with van der Waals surface area (Å²) in [6.45, 7) is 1.18. The number of halogens is 2. The van der Waals surface area contributed by atoms with Gasteiger partial charge in [-0.2, -0.15) is 5.10 Å². The van der Waals surface area contributed by atoms with Crippen LogP contribution in [0.5, 0.6) is 0 Å². The van der Waals surface area contributed by atoms with E-state index < -0.39 is 0 Å². The third kappa shape index (κ3) is 4.24. The molecule has 0 saturated carbocycles. The van der Waals surface area contributed by atoms with E-state index in [1.165, 1.54) is 5.56 Å². The van der Waals surface area contributed by atoms with Gasteiger partial charge in [0, 0.05) is 17.7 Å². The average molecular weight is 391 g/mol. The lowest BCUT2D eigenvalue weighted by Gasteiger charge is -2.11. The van der Waals surface area contributed by atoms with Crippen LogP contribution < -0.4 is 0 Å².